The average molecular weight is 412 g/mol. The third-order valence-corrected chi connectivity index (χ3v) is 4.93. The molecule has 3 aromatic carbocycles. The van der Waals surface area contributed by atoms with Crippen molar-refractivity contribution in [1.29, 1.82) is 0 Å². The summed E-state index contributed by atoms with van der Waals surface area (Å²) in [5.41, 5.74) is 3.84. The fraction of sp³-hybridized carbons (Fsp3) is 0.160. The number of nitrogens with zero attached hydrogens (tertiary/aromatic N) is 3. The van der Waals surface area contributed by atoms with E-state index >= 15 is 0 Å². The minimum Gasteiger partial charge on any atom is -0.497 e. The number of aryl methyl sites for hydroxylation is 3. The van der Waals surface area contributed by atoms with Gasteiger partial charge in [-0.15, -0.1) is 5.10 Å². The maximum absolute atomic E-state index is 12.9. The summed E-state index contributed by atoms with van der Waals surface area (Å²) >= 11 is 0. The molecule has 4 rings (SSSR count). The quantitative estimate of drug-likeness (QED) is 0.481. The zero-order valence-corrected chi connectivity index (χ0v) is 17.6. The number of benzene rings is 3. The number of nitrogens with one attached hydrogen (secondary N) is 1. The Kier molecular flexibility index (Phi) is 6.08. The first kappa shape index (κ1) is 20.3. The highest BCUT2D eigenvalue weighted by Gasteiger charge is 2.18. The standard InChI is InChI=1S/C25H24N4O2/c1-18-8-6-12-21(16-18)29-23(15-14-19-9-4-3-5-10-19)27-24(28-29)25(30)26-20-11-7-13-22(17-20)31-2/h3-13,16-17H,14-15H2,1-2H3,(H,26,30). The molecule has 1 N–H and O–H groups in total. The van der Waals surface area contributed by atoms with E-state index in [1.54, 1.807) is 23.9 Å². The first-order chi connectivity index (χ1) is 15.1. The summed E-state index contributed by atoms with van der Waals surface area (Å²) in [6.45, 7) is 2.03. The monoisotopic (exact) mass is 412 g/mol. The summed E-state index contributed by atoms with van der Waals surface area (Å²) in [7, 11) is 1.59. The van der Waals surface area contributed by atoms with E-state index in [1.165, 1.54) is 5.56 Å². The van der Waals surface area contributed by atoms with Crippen LogP contribution in [0.15, 0.2) is 78.9 Å². The Morgan fingerprint density at radius 3 is 2.55 bits per heavy atom. The van der Waals surface area contributed by atoms with Crippen LogP contribution in [0.25, 0.3) is 5.69 Å². The van der Waals surface area contributed by atoms with E-state index in [-0.39, 0.29) is 11.7 Å². The number of anilines is 1. The molecule has 0 spiro atoms. The summed E-state index contributed by atoms with van der Waals surface area (Å²) in [5, 5.41) is 7.39. The molecule has 1 heterocycles. The zero-order valence-electron chi connectivity index (χ0n) is 17.6. The molecule has 0 aliphatic rings. The van der Waals surface area contributed by atoms with Crippen molar-refractivity contribution in [2.75, 3.05) is 12.4 Å². The molecule has 0 fully saturated rings. The number of hydrogen-bond acceptors (Lipinski definition) is 4. The number of aromatic nitrogens is 3. The van der Waals surface area contributed by atoms with Gasteiger partial charge in [0, 0.05) is 18.2 Å². The van der Waals surface area contributed by atoms with E-state index in [2.05, 4.69) is 27.5 Å². The maximum atomic E-state index is 12.9. The zero-order chi connectivity index (χ0) is 21.6. The summed E-state index contributed by atoms with van der Waals surface area (Å²) in [6, 6.07) is 25.4. The Bertz CT molecular complexity index is 1190. The van der Waals surface area contributed by atoms with Crippen molar-refractivity contribution in [2.45, 2.75) is 19.8 Å². The average Bonchev–Trinajstić information content (AvgIpc) is 3.23. The lowest BCUT2D eigenvalue weighted by atomic mass is 10.1. The van der Waals surface area contributed by atoms with Crippen LogP contribution in [-0.2, 0) is 12.8 Å². The first-order valence-electron chi connectivity index (χ1n) is 10.1. The van der Waals surface area contributed by atoms with Crippen LogP contribution in [0.1, 0.15) is 27.6 Å². The SMILES string of the molecule is COc1cccc(NC(=O)c2nc(CCc3ccccc3)n(-c3cccc(C)c3)n2)c1. The predicted octanol–water partition coefficient (Wildman–Crippen LogP) is 4.62. The minimum atomic E-state index is -0.361. The van der Waals surface area contributed by atoms with Crippen LogP contribution in [0.3, 0.4) is 0 Å². The molecular formula is C25H24N4O2. The van der Waals surface area contributed by atoms with E-state index in [1.807, 2.05) is 61.5 Å². The molecular weight excluding hydrogens is 388 g/mol. The molecule has 1 amide bonds. The number of methoxy groups -OCH3 is 1. The molecule has 0 aliphatic carbocycles. The molecule has 0 saturated heterocycles. The summed E-state index contributed by atoms with van der Waals surface area (Å²) < 4.78 is 6.98. The molecule has 0 radical (unpaired) electrons. The molecule has 0 bridgehead atoms. The molecule has 1 aromatic heterocycles. The number of carbonyl (C=O) groups excluding carboxylic acids is 1. The van der Waals surface area contributed by atoms with Gasteiger partial charge in [-0.05, 0) is 48.7 Å². The van der Waals surface area contributed by atoms with Gasteiger partial charge in [0.05, 0.1) is 12.8 Å². The van der Waals surface area contributed by atoms with Crippen LogP contribution in [0.5, 0.6) is 5.75 Å². The second-order valence-corrected chi connectivity index (χ2v) is 7.27. The van der Waals surface area contributed by atoms with Crippen LogP contribution in [0, 0.1) is 6.92 Å². The highest BCUT2D eigenvalue weighted by atomic mass is 16.5. The van der Waals surface area contributed by atoms with Crippen molar-refractivity contribution in [3.05, 3.63) is 102 Å². The van der Waals surface area contributed by atoms with Crippen molar-refractivity contribution in [1.82, 2.24) is 14.8 Å². The van der Waals surface area contributed by atoms with E-state index in [0.717, 1.165) is 23.5 Å². The maximum Gasteiger partial charge on any atom is 0.295 e. The van der Waals surface area contributed by atoms with E-state index in [4.69, 9.17) is 4.74 Å². The van der Waals surface area contributed by atoms with E-state index in [9.17, 15) is 4.79 Å². The number of amides is 1. The molecule has 6 nitrogen and oxygen atoms in total. The van der Waals surface area contributed by atoms with Gasteiger partial charge in [0.25, 0.3) is 5.91 Å². The number of rotatable bonds is 7. The third kappa shape index (κ3) is 4.98. The van der Waals surface area contributed by atoms with Crippen LogP contribution in [0.4, 0.5) is 5.69 Å². The first-order valence-corrected chi connectivity index (χ1v) is 10.1. The third-order valence-electron chi connectivity index (χ3n) is 4.93. The lowest BCUT2D eigenvalue weighted by Gasteiger charge is -2.07. The van der Waals surface area contributed by atoms with Gasteiger partial charge >= 0.3 is 0 Å². The normalized spacial score (nSPS) is 10.6. The Balaban J connectivity index is 1.62. The Morgan fingerprint density at radius 1 is 0.968 bits per heavy atom. The summed E-state index contributed by atoms with van der Waals surface area (Å²) in [6.07, 6.45) is 1.47. The second-order valence-electron chi connectivity index (χ2n) is 7.27. The number of ether oxygens (including phenoxy) is 1. The molecule has 31 heavy (non-hydrogen) atoms. The summed E-state index contributed by atoms with van der Waals surface area (Å²) in [4.78, 5) is 17.4. The van der Waals surface area contributed by atoms with Crippen molar-refractivity contribution in [3.63, 3.8) is 0 Å². The predicted molar refractivity (Wildman–Crippen MR) is 121 cm³/mol. The van der Waals surface area contributed by atoms with Crippen molar-refractivity contribution in [3.8, 4) is 11.4 Å². The van der Waals surface area contributed by atoms with E-state index in [0.29, 0.717) is 17.9 Å². The molecule has 0 aliphatic heterocycles. The molecule has 0 atom stereocenters. The lowest BCUT2D eigenvalue weighted by Crippen LogP contribution is -2.14. The molecule has 0 saturated carbocycles. The topological polar surface area (TPSA) is 69.0 Å². The van der Waals surface area contributed by atoms with Crippen LogP contribution >= 0.6 is 0 Å². The summed E-state index contributed by atoms with van der Waals surface area (Å²) in [5.74, 6) is 1.18. The van der Waals surface area contributed by atoms with Gasteiger partial charge in [-0.3, -0.25) is 4.79 Å². The van der Waals surface area contributed by atoms with Gasteiger partial charge in [0.1, 0.15) is 11.6 Å². The van der Waals surface area contributed by atoms with Crippen molar-refractivity contribution < 1.29 is 9.53 Å². The number of carbonyl (C=O) groups is 1. The van der Waals surface area contributed by atoms with Crippen LogP contribution in [-0.4, -0.2) is 27.8 Å². The lowest BCUT2D eigenvalue weighted by molar-refractivity contribution is 0.101. The Hall–Kier alpha value is -3.93. The van der Waals surface area contributed by atoms with Gasteiger partial charge in [-0.2, -0.15) is 0 Å². The fourth-order valence-electron chi connectivity index (χ4n) is 3.36. The fourth-order valence-corrected chi connectivity index (χ4v) is 3.36. The smallest absolute Gasteiger partial charge is 0.295 e. The van der Waals surface area contributed by atoms with Crippen LogP contribution in [0.2, 0.25) is 0 Å². The number of hydrogen-bond donors (Lipinski definition) is 1. The van der Waals surface area contributed by atoms with Gasteiger partial charge in [-0.1, -0.05) is 48.5 Å². The van der Waals surface area contributed by atoms with Crippen molar-refractivity contribution in [2.24, 2.45) is 0 Å². The Labute approximate surface area is 181 Å². The molecule has 4 aromatic rings. The van der Waals surface area contributed by atoms with Gasteiger partial charge < -0.3 is 10.1 Å². The van der Waals surface area contributed by atoms with Gasteiger partial charge in [0.15, 0.2) is 0 Å². The highest BCUT2D eigenvalue weighted by Crippen LogP contribution is 2.18. The molecule has 0 unspecified atom stereocenters. The minimum absolute atomic E-state index is 0.132. The largest absolute Gasteiger partial charge is 0.497 e. The van der Waals surface area contributed by atoms with Gasteiger partial charge in [-0.25, -0.2) is 9.67 Å². The Morgan fingerprint density at radius 2 is 1.77 bits per heavy atom. The molecule has 6 heteroatoms. The van der Waals surface area contributed by atoms with Gasteiger partial charge in [0.2, 0.25) is 5.82 Å². The van der Waals surface area contributed by atoms with E-state index < -0.39 is 0 Å². The highest BCUT2D eigenvalue weighted by molar-refractivity contribution is 6.01. The molecule has 156 valence electrons. The van der Waals surface area contributed by atoms with Crippen molar-refractivity contribution >= 4 is 11.6 Å². The van der Waals surface area contributed by atoms with Crippen LogP contribution < -0.4 is 10.1 Å². The second kappa shape index (κ2) is 9.26.